The number of carbonyl (C=O) groups excluding carboxylic acids is 1. The van der Waals surface area contributed by atoms with Gasteiger partial charge in [-0.3, -0.25) is 4.79 Å². The number of likely N-dealkylation sites (N-methyl/N-ethyl adjacent to an activating group) is 1. The molecule has 1 aromatic heterocycles. The van der Waals surface area contributed by atoms with E-state index in [1.165, 1.54) is 15.8 Å². The van der Waals surface area contributed by atoms with Crippen LogP contribution in [0.15, 0.2) is 41.3 Å². The summed E-state index contributed by atoms with van der Waals surface area (Å²) in [6.45, 7) is 1.64. The smallest absolute Gasteiger partial charge is 0.245 e. The molecule has 184 valence electrons. The first-order chi connectivity index (χ1) is 16.6. The monoisotopic (exact) mass is 519 g/mol. The van der Waals surface area contributed by atoms with Crippen molar-refractivity contribution in [3.63, 3.8) is 0 Å². The highest BCUT2D eigenvalue weighted by Gasteiger charge is 2.37. The number of fused-ring (bicyclic) bond motifs is 1. The van der Waals surface area contributed by atoms with Crippen molar-refractivity contribution in [1.82, 2.24) is 25.1 Å². The van der Waals surface area contributed by atoms with Crippen LogP contribution in [0.25, 0.3) is 11.4 Å². The second kappa shape index (κ2) is 8.94. The van der Waals surface area contributed by atoms with Gasteiger partial charge in [-0.25, -0.2) is 12.8 Å². The molecule has 0 unspecified atom stereocenters. The van der Waals surface area contributed by atoms with Gasteiger partial charge in [0, 0.05) is 18.1 Å². The SMILES string of the molecule is CN1CC[C@@H](n2nnc(-c3cc4c(cc3F)S(=O)(=O)C[C@H](N)C(=O)N4Cc3ccc(Cl)cc3)n2)C1. The van der Waals surface area contributed by atoms with E-state index in [1.54, 1.807) is 24.3 Å². The molecule has 1 fully saturated rings. The van der Waals surface area contributed by atoms with E-state index < -0.39 is 33.4 Å². The number of benzene rings is 2. The molecule has 10 nitrogen and oxygen atoms in total. The first-order valence-corrected chi connectivity index (χ1v) is 13.0. The number of nitrogens with two attached hydrogens (primary N) is 1. The van der Waals surface area contributed by atoms with Gasteiger partial charge in [0.15, 0.2) is 9.84 Å². The fourth-order valence-corrected chi connectivity index (χ4v) is 6.11. The van der Waals surface area contributed by atoms with Crippen LogP contribution in [0.2, 0.25) is 5.02 Å². The van der Waals surface area contributed by atoms with Crippen LogP contribution < -0.4 is 10.6 Å². The third kappa shape index (κ3) is 4.54. The molecule has 3 heterocycles. The van der Waals surface area contributed by atoms with E-state index in [4.69, 9.17) is 17.3 Å². The molecule has 2 aliphatic heterocycles. The molecule has 1 saturated heterocycles. The van der Waals surface area contributed by atoms with E-state index in [9.17, 15) is 13.2 Å². The number of sulfone groups is 1. The van der Waals surface area contributed by atoms with E-state index in [0.29, 0.717) is 10.6 Å². The van der Waals surface area contributed by atoms with Crippen molar-refractivity contribution in [1.29, 1.82) is 0 Å². The quantitative estimate of drug-likeness (QED) is 0.551. The topological polar surface area (TPSA) is 127 Å². The molecular formula is C22H23ClFN7O3S. The zero-order valence-electron chi connectivity index (χ0n) is 18.8. The highest BCUT2D eigenvalue weighted by atomic mass is 35.5. The van der Waals surface area contributed by atoms with E-state index >= 15 is 4.39 Å². The zero-order valence-corrected chi connectivity index (χ0v) is 20.4. The maximum Gasteiger partial charge on any atom is 0.245 e. The van der Waals surface area contributed by atoms with Crippen molar-refractivity contribution < 1.29 is 17.6 Å². The van der Waals surface area contributed by atoms with Crippen molar-refractivity contribution >= 4 is 33.0 Å². The van der Waals surface area contributed by atoms with E-state index in [1.807, 2.05) is 7.05 Å². The predicted molar refractivity (Wildman–Crippen MR) is 127 cm³/mol. The maximum atomic E-state index is 15.2. The summed E-state index contributed by atoms with van der Waals surface area (Å²) in [6, 6.07) is 7.66. The number of carbonyl (C=O) groups is 1. The Morgan fingerprint density at radius 1 is 1.23 bits per heavy atom. The van der Waals surface area contributed by atoms with Gasteiger partial charge in [-0.1, -0.05) is 23.7 Å². The second-order valence-corrected chi connectivity index (χ2v) is 11.3. The normalized spacial score (nSPS) is 22.3. The Morgan fingerprint density at radius 2 is 1.97 bits per heavy atom. The number of hydrogen-bond donors (Lipinski definition) is 1. The third-order valence-corrected chi connectivity index (χ3v) is 8.32. The zero-order chi connectivity index (χ0) is 24.9. The molecular weight excluding hydrogens is 497 g/mol. The molecule has 0 aliphatic carbocycles. The molecule has 3 aromatic rings. The minimum atomic E-state index is -4.04. The van der Waals surface area contributed by atoms with Gasteiger partial charge < -0.3 is 15.5 Å². The average Bonchev–Trinajstić information content (AvgIpc) is 3.45. The standard InChI is InChI=1S/C22H23ClFN7O3S/c1-29-7-6-15(11-29)31-27-21(26-28-31)16-8-19-20(9-17(16)24)35(33,34)12-18(25)22(32)30(19)10-13-2-4-14(23)5-3-13/h2-5,8-9,15,18H,6-7,10-12,25H2,1H3/t15-,18+/m1/s1. The van der Waals surface area contributed by atoms with Gasteiger partial charge in [0.2, 0.25) is 11.7 Å². The predicted octanol–water partition coefficient (Wildman–Crippen LogP) is 1.66. The number of halogens is 2. The number of likely N-dealkylation sites (tertiary alicyclic amines) is 1. The molecule has 2 aliphatic rings. The minimum Gasteiger partial charge on any atom is -0.319 e. The molecule has 13 heteroatoms. The molecule has 0 saturated carbocycles. The summed E-state index contributed by atoms with van der Waals surface area (Å²) in [7, 11) is -2.06. The van der Waals surface area contributed by atoms with Gasteiger partial charge >= 0.3 is 0 Å². The van der Waals surface area contributed by atoms with Crippen LogP contribution in [0, 0.1) is 5.82 Å². The summed E-state index contributed by atoms with van der Waals surface area (Å²) in [5.41, 5.74) is 6.61. The molecule has 35 heavy (non-hydrogen) atoms. The number of amides is 1. The molecule has 2 N–H and O–H groups in total. The molecule has 1 amide bonds. The summed E-state index contributed by atoms with van der Waals surface area (Å²) in [6.07, 6.45) is 0.832. The van der Waals surface area contributed by atoms with Crippen molar-refractivity contribution in [2.24, 2.45) is 5.73 Å². The molecule has 0 radical (unpaired) electrons. The molecule has 0 bridgehead atoms. The van der Waals surface area contributed by atoms with Crippen LogP contribution in [-0.2, 0) is 21.2 Å². The van der Waals surface area contributed by atoms with Crippen LogP contribution in [-0.4, -0.2) is 71.4 Å². The van der Waals surface area contributed by atoms with E-state index in [-0.39, 0.29) is 34.6 Å². The summed E-state index contributed by atoms with van der Waals surface area (Å²) in [5, 5.41) is 13.0. The highest BCUT2D eigenvalue weighted by molar-refractivity contribution is 7.91. The van der Waals surface area contributed by atoms with Crippen LogP contribution in [0.1, 0.15) is 18.0 Å². The first kappa shape index (κ1) is 23.8. The lowest BCUT2D eigenvalue weighted by Gasteiger charge is -2.24. The number of nitrogens with zero attached hydrogens (tertiary/aromatic N) is 6. The van der Waals surface area contributed by atoms with Crippen LogP contribution in [0.3, 0.4) is 0 Å². The first-order valence-electron chi connectivity index (χ1n) is 11.0. The Balaban J connectivity index is 1.60. The van der Waals surface area contributed by atoms with Crippen LogP contribution in [0.4, 0.5) is 10.1 Å². The third-order valence-electron chi connectivity index (χ3n) is 6.27. The van der Waals surface area contributed by atoms with Gasteiger partial charge in [-0.05, 0) is 48.5 Å². The van der Waals surface area contributed by atoms with Gasteiger partial charge in [-0.15, -0.1) is 10.2 Å². The van der Waals surface area contributed by atoms with Gasteiger partial charge in [0.1, 0.15) is 5.82 Å². The van der Waals surface area contributed by atoms with Gasteiger partial charge in [-0.2, -0.15) is 4.80 Å². The summed E-state index contributed by atoms with van der Waals surface area (Å²) < 4.78 is 41.3. The van der Waals surface area contributed by atoms with Crippen molar-refractivity contribution in [2.45, 2.75) is 29.9 Å². The van der Waals surface area contributed by atoms with Gasteiger partial charge in [0.25, 0.3) is 0 Å². The minimum absolute atomic E-state index is 0.00434. The molecule has 2 aromatic carbocycles. The fraction of sp³-hybridized carbons (Fsp3) is 0.364. The summed E-state index contributed by atoms with van der Waals surface area (Å²) in [4.78, 5) is 17.7. The Hall–Kier alpha value is -2.93. The highest BCUT2D eigenvalue weighted by Crippen LogP contribution is 2.36. The maximum absolute atomic E-state index is 15.2. The summed E-state index contributed by atoms with van der Waals surface area (Å²) >= 11 is 5.97. The molecule has 2 atom stereocenters. The fourth-order valence-electron chi connectivity index (χ4n) is 4.41. The number of tetrazole rings is 1. The number of hydrogen-bond acceptors (Lipinski definition) is 8. The lowest BCUT2D eigenvalue weighted by molar-refractivity contribution is -0.119. The molecule has 5 rings (SSSR count). The number of rotatable bonds is 4. The lowest BCUT2D eigenvalue weighted by Crippen LogP contribution is -2.45. The van der Waals surface area contributed by atoms with Gasteiger partial charge in [0.05, 0.1) is 40.5 Å². The Bertz CT molecular complexity index is 1400. The van der Waals surface area contributed by atoms with E-state index in [2.05, 4.69) is 20.3 Å². The van der Waals surface area contributed by atoms with Crippen LogP contribution in [0.5, 0.6) is 0 Å². The Morgan fingerprint density at radius 3 is 2.66 bits per heavy atom. The molecule has 0 spiro atoms. The lowest BCUT2D eigenvalue weighted by atomic mass is 10.1. The van der Waals surface area contributed by atoms with Crippen molar-refractivity contribution in [3.05, 3.63) is 52.8 Å². The number of anilines is 1. The number of aromatic nitrogens is 4. The van der Waals surface area contributed by atoms with Crippen molar-refractivity contribution in [2.75, 3.05) is 30.8 Å². The second-order valence-electron chi connectivity index (χ2n) is 8.88. The largest absolute Gasteiger partial charge is 0.319 e. The van der Waals surface area contributed by atoms with Crippen LogP contribution >= 0.6 is 11.6 Å². The Labute approximate surface area is 206 Å². The Kier molecular flexibility index (Phi) is 6.08. The van der Waals surface area contributed by atoms with Crippen molar-refractivity contribution in [3.8, 4) is 11.4 Å². The summed E-state index contributed by atoms with van der Waals surface area (Å²) in [5.74, 6) is -2.04. The van der Waals surface area contributed by atoms with E-state index in [0.717, 1.165) is 25.6 Å². The average molecular weight is 520 g/mol.